The number of hydrogen-bond donors (Lipinski definition) is 1. The normalized spacial score (nSPS) is 7.25. The average molecular weight is 74.9 g/mol. The Hall–Kier alpha value is 0.375. The average Bonchev–Trinajstić information content (AvgIpc) is 1.37. The molecule has 0 saturated heterocycles. The summed E-state index contributed by atoms with van der Waals surface area (Å²) in [5.74, 6) is 0. The molecule has 1 nitrogen and oxygen atoms in total. The van der Waals surface area contributed by atoms with Crippen LogP contribution in [0.1, 0.15) is 0 Å². The van der Waals surface area contributed by atoms with Crippen molar-refractivity contribution in [3.05, 3.63) is 0 Å². The quantitative estimate of drug-likeness (QED) is 0.330. The topological polar surface area (TPSA) is 12.0 Å². The van der Waals surface area contributed by atoms with Gasteiger partial charge in [-0.25, -0.2) is 0 Å². The van der Waals surface area contributed by atoms with E-state index in [9.17, 15) is 0 Å². The van der Waals surface area contributed by atoms with Crippen LogP contribution < -0.4 is 4.72 Å². The first-order valence-corrected chi connectivity index (χ1v) is 2.34. The third-order valence-corrected chi connectivity index (χ3v) is 0.612. The van der Waals surface area contributed by atoms with Crippen LogP contribution >= 0.6 is 11.8 Å². The maximum absolute atomic E-state index is 2.85. The van der Waals surface area contributed by atoms with Crippen molar-refractivity contribution in [3.63, 3.8) is 0 Å². The van der Waals surface area contributed by atoms with Crippen molar-refractivity contribution in [1.82, 2.24) is 4.72 Å². The molecule has 0 saturated carbocycles. The third-order valence-electron chi connectivity index (χ3n) is 0.204. The van der Waals surface area contributed by atoms with Crippen molar-refractivity contribution in [3.8, 4) is 0 Å². The monoisotopic (exact) mass is 75.0 g/mol. The molecule has 0 aromatic rings. The minimum absolute atomic E-state index is 1.61. The van der Waals surface area contributed by atoms with Crippen LogP contribution in [-0.4, -0.2) is 14.2 Å². The smallest absolute Gasteiger partial charge is 0.193 e. The summed E-state index contributed by atoms with van der Waals surface area (Å²) >= 11 is 1.61. The van der Waals surface area contributed by atoms with E-state index in [1.54, 1.807) is 11.8 Å². The molecule has 4 heavy (non-hydrogen) atoms. The van der Waals surface area contributed by atoms with E-state index < -0.39 is 0 Å². The first-order chi connectivity index (χ1) is 1.91. The van der Waals surface area contributed by atoms with Crippen molar-refractivity contribution in [1.29, 1.82) is 0 Å². The van der Waals surface area contributed by atoms with Crippen LogP contribution in [-0.2, 0) is 0 Å². The lowest BCUT2D eigenvalue weighted by Crippen LogP contribution is -1.86. The Morgan fingerprint density at radius 1 is 2.00 bits per heavy atom. The van der Waals surface area contributed by atoms with E-state index in [0.717, 1.165) is 0 Å². The van der Waals surface area contributed by atoms with Crippen LogP contribution in [0.25, 0.3) is 0 Å². The molecular weight excluding hydrogens is 68.9 g/mol. The van der Waals surface area contributed by atoms with E-state index in [0.29, 0.717) is 0 Å². The Kier molecular flexibility index (Phi) is 3.69. The lowest BCUT2D eigenvalue weighted by atomic mass is 10.8. The zero-order chi connectivity index (χ0) is 3.41. The first-order valence-electron chi connectivity index (χ1n) is 1.11. The van der Waals surface area contributed by atoms with E-state index in [1.165, 1.54) is 0 Å². The molecule has 0 aliphatic rings. The lowest BCUT2D eigenvalue weighted by molar-refractivity contribution is 1.31. The molecule has 0 spiro atoms. The molecule has 0 unspecified atom stereocenters. The summed E-state index contributed by atoms with van der Waals surface area (Å²) in [5, 5.41) is 0. The fourth-order valence-corrected chi connectivity index (χ4v) is 0. The second-order valence-electron chi connectivity index (χ2n) is 0.408. The van der Waals surface area contributed by atoms with Gasteiger partial charge in [-0.2, -0.15) is 0 Å². The van der Waals surface area contributed by atoms with Crippen LogP contribution in [0.3, 0.4) is 0 Å². The van der Waals surface area contributed by atoms with Crippen LogP contribution in [0.15, 0.2) is 0 Å². The predicted molar refractivity (Wildman–Crippen MR) is 25.2 cm³/mol. The first kappa shape index (κ1) is 4.37. The summed E-state index contributed by atoms with van der Waals surface area (Å²) in [6.45, 7) is 0. The molecule has 1 N–H and O–H groups in total. The van der Waals surface area contributed by atoms with Gasteiger partial charge in [-0.15, -0.1) is 11.8 Å². The van der Waals surface area contributed by atoms with Crippen molar-refractivity contribution >= 4 is 18.9 Å². The molecule has 0 aromatic carbocycles. The molecule has 0 heterocycles. The third kappa shape index (κ3) is 2.37. The zero-order valence-corrected chi connectivity index (χ0v) is 3.72. The molecule has 24 valence electrons. The maximum Gasteiger partial charge on any atom is 0.193 e. The summed E-state index contributed by atoms with van der Waals surface area (Å²) in [4.78, 5) is 0. The highest BCUT2D eigenvalue weighted by Gasteiger charge is 1.51. The molecule has 3 heteroatoms. The van der Waals surface area contributed by atoms with Gasteiger partial charge in [0.25, 0.3) is 0 Å². The van der Waals surface area contributed by atoms with Crippen LogP contribution in [0.5, 0.6) is 0 Å². The Balaban J connectivity index is 1.97. The molecule has 0 radical (unpaired) electrons. The Morgan fingerprint density at radius 3 is 2.25 bits per heavy atom. The minimum Gasteiger partial charge on any atom is -0.277 e. The van der Waals surface area contributed by atoms with Gasteiger partial charge in [-0.05, 0) is 7.05 Å². The highest BCUT2D eigenvalue weighted by Crippen LogP contribution is 1.68. The fourth-order valence-electron chi connectivity index (χ4n) is 0. The van der Waals surface area contributed by atoms with E-state index in [4.69, 9.17) is 0 Å². The van der Waals surface area contributed by atoms with E-state index in [-0.39, 0.29) is 0 Å². The van der Waals surface area contributed by atoms with Crippen molar-refractivity contribution < 1.29 is 0 Å². The van der Waals surface area contributed by atoms with Gasteiger partial charge < -0.3 is 0 Å². The summed E-state index contributed by atoms with van der Waals surface area (Å²) in [7, 11) is 3.88. The van der Waals surface area contributed by atoms with E-state index in [2.05, 4.69) is 4.72 Å². The van der Waals surface area contributed by atoms with Gasteiger partial charge in [0.1, 0.15) is 0 Å². The Bertz CT molecular complexity index is 10.0. The molecular formula is CH6BNS. The van der Waals surface area contributed by atoms with Gasteiger partial charge in [0.2, 0.25) is 0 Å². The molecule has 0 aliphatic heterocycles. The molecule has 0 aromatic heterocycles. The van der Waals surface area contributed by atoms with Gasteiger partial charge >= 0.3 is 0 Å². The maximum atomic E-state index is 2.85. The highest BCUT2D eigenvalue weighted by atomic mass is 32.2. The molecule has 0 bridgehead atoms. The van der Waals surface area contributed by atoms with E-state index in [1.807, 2.05) is 14.2 Å². The summed E-state index contributed by atoms with van der Waals surface area (Å²) in [6, 6.07) is 0. The molecule has 0 aliphatic carbocycles. The summed E-state index contributed by atoms with van der Waals surface area (Å²) in [5.41, 5.74) is 0. The minimum atomic E-state index is 1.61. The lowest BCUT2D eigenvalue weighted by Gasteiger charge is -1.76. The zero-order valence-electron chi connectivity index (χ0n) is 2.91. The highest BCUT2D eigenvalue weighted by molar-refractivity contribution is 8.18. The molecule has 0 amide bonds. The number of rotatable bonds is 1. The van der Waals surface area contributed by atoms with Crippen LogP contribution in [0, 0.1) is 0 Å². The van der Waals surface area contributed by atoms with Crippen molar-refractivity contribution in [2.75, 3.05) is 7.05 Å². The Morgan fingerprint density at radius 2 is 2.25 bits per heavy atom. The number of hydrogen-bond acceptors (Lipinski definition) is 2. The predicted octanol–water partition coefficient (Wildman–Crippen LogP) is -0.598. The van der Waals surface area contributed by atoms with Gasteiger partial charge in [0, 0.05) is 0 Å². The van der Waals surface area contributed by atoms with Crippen molar-refractivity contribution in [2.24, 2.45) is 0 Å². The van der Waals surface area contributed by atoms with Crippen molar-refractivity contribution in [2.45, 2.75) is 0 Å². The largest absolute Gasteiger partial charge is 0.277 e. The SMILES string of the molecule is BSNC. The summed E-state index contributed by atoms with van der Waals surface area (Å²) in [6.07, 6.45) is 0. The van der Waals surface area contributed by atoms with Gasteiger partial charge in [0.15, 0.2) is 7.12 Å². The standard InChI is InChI=1S/CH6BNS/c1-3-4-2/h3H,2H2,1H3. The van der Waals surface area contributed by atoms with Gasteiger partial charge in [0.05, 0.1) is 0 Å². The fraction of sp³-hybridized carbons (Fsp3) is 1.00. The van der Waals surface area contributed by atoms with E-state index >= 15 is 0 Å². The molecule has 0 rings (SSSR count). The second-order valence-corrected chi connectivity index (χ2v) is 1.22. The van der Waals surface area contributed by atoms with Crippen LogP contribution in [0.4, 0.5) is 0 Å². The molecule has 0 fully saturated rings. The van der Waals surface area contributed by atoms with Gasteiger partial charge in [-0.1, -0.05) is 0 Å². The second kappa shape index (κ2) is 3.37. The van der Waals surface area contributed by atoms with Gasteiger partial charge in [-0.3, -0.25) is 4.72 Å². The molecule has 0 atom stereocenters. The Labute approximate surface area is 31.6 Å². The number of nitrogens with one attached hydrogen (secondary N) is 1. The summed E-state index contributed by atoms with van der Waals surface area (Å²) < 4.78 is 2.85. The van der Waals surface area contributed by atoms with Crippen LogP contribution in [0.2, 0.25) is 0 Å².